The van der Waals surface area contributed by atoms with Crippen molar-refractivity contribution in [1.82, 2.24) is 4.99 Å². The number of fused-ring (bicyclic) bond motifs is 1. The molecule has 1 amide bonds. The molecule has 0 unspecified atom stereocenters. The lowest BCUT2D eigenvalue weighted by Gasteiger charge is -2.03. The number of hydrogen-bond donors (Lipinski definition) is 2. The summed E-state index contributed by atoms with van der Waals surface area (Å²) in [6.45, 7) is 0. The number of carbonyl (C=O) groups is 1. The van der Waals surface area contributed by atoms with E-state index in [1.54, 1.807) is 12.1 Å². The molecule has 1 aliphatic heterocycles. The Labute approximate surface area is 74.9 Å². The molecule has 1 aliphatic rings. The molecule has 1 aromatic rings. The number of amidine groups is 1. The zero-order valence-electron chi connectivity index (χ0n) is 6.11. The van der Waals surface area contributed by atoms with E-state index in [1.807, 2.05) is 12.1 Å². The third-order valence-electron chi connectivity index (χ3n) is 1.61. The zero-order chi connectivity index (χ0) is 8.55. The first-order valence-corrected chi connectivity index (χ1v) is 3.90. The third-order valence-corrected chi connectivity index (χ3v) is 1.82. The maximum atomic E-state index is 11.2. The van der Waals surface area contributed by atoms with Crippen LogP contribution in [0.1, 0.15) is 10.4 Å². The van der Waals surface area contributed by atoms with E-state index >= 15 is 0 Å². The van der Waals surface area contributed by atoms with Gasteiger partial charge in [0.05, 0.1) is 0 Å². The van der Waals surface area contributed by atoms with Gasteiger partial charge in [-0.15, -0.1) is 0 Å². The summed E-state index contributed by atoms with van der Waals surface area (Å²) in [6.07, 6.45) is 0. The summed E-state index contributed by atoms with van der Waals surface area (Å²) in [5.74, 6) is -0.241. The third kappa shape index (κ3) is 1.10. The van der Waals surface area contributed by atoms with Gasteiger partial charge in [0.15, 0.2) is 0 Å². The van der Waals surface area contributed by atoms with Crippen LogP contribution in [0.25, 0.3) is 0 Å². The van der Waals surface area contributed by atoms with Crippen LogP contribution in [0.3, 0.4) is 0 Å². The first kappa shape index (κ1) is 7.36. The quantitative estimate of drug-likeness (QED) is 0.579. The highest BCUT2D eigenvalue weighted by Crippen LogP contribution is 2.17. The standard InChI is InChI=1S/C8H6N2OS/c11-7-5-3-1-2-4-6(5)9-8(12)10-7/h1-4H,(H2,9,11,12)/q+1. The molecule has 0 bridgehead atoms. The smallest absolute Gasteiger partial charge is 0.236 e. The van der Waals surface area contributed by atoms with Crippen molar-refractivity contribution < 1.29 is 4.79 Å². The van der Waals surface area contributed by atoms with E-state index in [2.05, 4.69) is 22.9 Å². The maximum absolute atomic E-state index is 11.2. The topological polar surface area (TPSA) is 43.2 Å². The van der Waals surface area contributed by atoms with Crippen molar-refractivity contribution in [3.8, 4) is 0 Å². The Morgan fingerprint density at radius 3 is 2.92 bits per heavy atom. The van der Waals surface area contributed by atoms with Crippen molar-refractivity contribution in [3.63, 3.8) is 0 Å². The monoisotopic (exact) mass is 178 g/mol. The molecule has 3 nitrogen and oxygen atoms in total. The Hall–Kier alpha value is -1.29. The van der Waals surface area contributed by atoms with Crippen LogP contribution >= 0.6 is 12.6 Å². The molecule has 4 heteroatoms. The number of thiol groups is 1. The molecule has 1 heterocycles. The Kier molecular flexibility index (Phi) is 1.62. The lowest BCUT2D eigenvalue weighted by atomic mass is 10.1. The molecule has 1 radical (unpaired) electrons. The van der Waals surface area contributed by atoms with E-state index in [0.29, 0.717) is 10.7 Å². The summed E-state index contributed by atoms with van der Waals surface area (Å²) in [7, 11) is 0. The van der Waals surface area contributed by atoms with E-state index < -0.39 is 0 Å². The minimum Gasteiger partial charge on any atom is -0.236 e. The molecule has 0 aromatic heterocycles. The number of aliphatic imine (C=N–C) groups is 1. The molecule has 0 fully saturated rings. The zero-order valence-corrected chi connectivity index (χ0v) is 7.01. The van der Waals surface area contributed by atoms with Gasteiger partial charge in [-0.1, -0.05) is 24.8 Å². The van der Waals surface area contributed by atoms with Gasteiger partial charge < -0.3 is 0 Å². The van der Waals surface area contributed by atoms with Gasteiger partial charge in [0.25, 0.3) is 0 Å². The number of amides is 1. The van der Waals surface area contributed by atoms with Crippen LogP contribution in [0, 0.1) is 0 Å². The molecule has 0 saturated heterocycles. The van der Waals surface area contributed by atoms with Crippen LogP contribution < -0.4 is 10.3 Å². The molecule has 0 saturated carbocycles. The van der Waals surface area contributed by atoms with Gasteiger partial charge in [0.1, 0.15) is 11.3 Å². The SMILES string of the molecule is O=C1[N+]=C(S)Nc2ccccc21. The highest BCUT2D eigenvalue weighted by molar-refractivity contribution is 7.97. The van der Waals surface area contributed by atoms with Crippen LogP contribution in [-0.4, -0.2) is 11.1 Å². The maximum Gasteiger partial charge on any atom is 0.387 e. The second-order valence-corrected chi connectivity index (χ2v) is 2.83. The van der Waals surface area contributed by atoms with Crippen LogP contribution in [0.4, 0.5) is 5.69 Å². The van der Waals surface area contributed by atoms with Gasteiger partial charge >= 0.3 is 11.1 Å². The number of nitrogens with zero attached hydrogens (tertiary/aromatic N) is 1. The second-order valence-electron chi connectivity index (χ2n) is 2.41. The molecule has 0 aliphatic carbocycles. The summed E-state index contributed by atoms with van der Waals surface area (Å²) in [5.41, 5.74) is 1.36. The number of benzene rings is 1. The molecule has 0 spiro atoms. The summed E-state index contributed by atoms with van der Waals surface area (Å²) < 4.78 is 0. The van der Waals surface area contributed by atoms with Crippen molar-refractivity contribution in [2.45, 2.75) is 0 Å². The van der Waals surface area contributed by atoms with Gasteiger partial charge in [0, 0.05) is 4.99 Å². The highest BCUT2D eigenvalue weighted by atomic mass is 32.1. The fraction of sp³-hybridized carbons (Fsp3) is 0. The van der Waals surface area contributed by atoms with Gasteiger partial charge in [-0.25, -0.2) is 10.1 Å². The summed E-state index contributed by atoms with van der Waals surface area (Å²) in [4.78, 5) is 14.9. The van der Waals surface area contributed by atoms with Crippen LogP contribution in [-0.2, 0) is 0 Å². The fourth-order valence-corrected chi connectivity index (χ4v) is 1.29. The minimum atomic E-state index is -0.241. The summed E-state index contributed by atoms with van der Waals surface area (Å²) >= 11 is 3.96. The lowest BCUT2D eigenvalue weighted by molar-refractivity contribution is 0.0983. The van der Waals surface area contributed by atoms with E-state index in [-0.39, 0.29) is 5.91 Å². The van der Waals surface area contributed by atoms with Crippen molar-refractivity contribution >= 4 is 29.4 Å². The molecule has 0 atom stereocenters. The normalized spacial score (nSPS) is 14.8. The number of rotatable bonds is 0. The second kappa shape index (κ2) is 2.64. The average molecular weight is 178 g/mol. The Balaban J connectivity index is 2.56. The number of carbonyl (C=O) groups excluding carboxylic acids is 1. The largest absolute Gasteiger partial charge is 0.387 e. The first-order valence-electron chi connectivity index (χ1n) is 3.45. The molecule has 2 rings (SSSR count). The van der Waals surface area contributed by atoms with E-state index in [1.165, 1.54) is 0 Å². The first-order chi connectivity index (χ1) is 5.77. The number of nitrogens with one attached hydrogen (secondary N) is 1. The van der Waals surface area contributed by atoms with Crippen molar-refractivity contribution in [1.29, 1.82) is 0 Å². The number of anilines is 1. The average Bonchev–Trinajstić information content (AvgIpc) is 2.04. The van der Waals surface area contributed by atoms with Crippen LogP contribution in [0.5, 0.6) is 0 Å². The number of hydrogen-bond acceptors (Lipinski definition) is 2. The molecule has 12 heavy (non-hydrogen) atoms. The van der Waals surface area contributed by atoms with Crippen molar-refractivity contribution in [2.75, 3.05) is 5.32 Å². The molecule has 1 N–H and O–H groups in total. The molecule has 59 valence electrons. The van der Waals surface area contributed by atoms with Gasteiger partial charge in [0.2, 0.25) is 0 Å². The predicted octanol–water partition coefficient (Wildman–Crippen LogP) is 0.874. The van der Waals surface area contributed by atoms with Crippen LogP contribution in [0.15, 0.2) is 24.3 Å². The summed E-state index contributed by atoms with van der Waals surface area (Å²) in [5, 5.41) is 3.23. The van der Waals surface area contributed by atoms with Crippen LogP contribution in [0.2, 0.25) is 0 Å². The fourth-order valence-electron chi connectivity index (χ4n) is 1.08. The van der Waals surface area contributed by atoms with E-state index in [0.717, 1.165) is 5.69 Å². The predicted molar refractivity (Wildman–Crippen MR) is 50.5 cm³/mol. The highest BCUT2D eigenvalue weighted by Gasteiger charge is 2.25. The summed E-state index contributed by atoms with van der Waals surface area (Å²) in [6, 6.07) is 7.20. The van der Waals surface area contributed by atoms with Gasteiger partial charge in [-0.2, -0.15) is 0 Å². The van der Waals surface area contributed by atoms with Gasteiger partial charge in [-0.05, 0) is 12.1 Å². The lowest BCUT2D eigenvalue weighted by Crippen LogP contribution is -2.24. The molecular formula is C8H6N2OS+. The molecule has 1 aromatic carbocycles. The molecular weight excluding hydrogens is 172 g/mol. The Bertz CT molecular complexity index is 373. The van der Waals surface area contributed by atoms with Gasteiger partial charge in [-0.3, -0.25) is 0 Å². The van der Waals surface area contributed by atoms with E-state index in [9.17, 15) is 4.79 Å². The number of para-hydroxylation sites is 1. The Morgan fingerprint density at radius 2 is 2.08 bits per heavy atom. The Morgan fingerprint density at radius 1 is 1.33 bits per heavy atom. The van der Waals surface area contributed by atoms with Crippen molar-refractivity contribution in [2.24, 2.45) is 0 Å². The van der Waals surface area contributed by atoms with E-state index in [4.69, 9.17) is 0 Å². The van der Waals surface area contributed by atoms with Crippen molar-refractivity contribution in [3.05, 3.63) is 29.8 Å². The minimum absolute atomic E-state index is 0.241.